The average Bonchev–Trinajstić information content (AvgIpc) is 3.02. The molecule has 2 rings (SSSR count). The minimum absolute atomic E-state index is 0.133. The minimum atomic E-state index is -1.25. The average molecular weight is 350 g/mol. The Balaban J connectivity index is 1.91. The summed E-state index contributed by atoms with van der Waals surface area (Å²) < 4.78 is 22.3. The van der Waals surface area contributed by atoms with E-state index in [1.165, 1.54) is 12.1 Å². The maximum absolute atomic E-state index is 12.1. The fourth-order valence-corrected chi connectivity index (χ4v) is 3.12. The van der Waals surface area contributed by atoms with Crippen LogP contribution >= 0.6 is 0 Å². The van der Waals surface area contributed by atoms with Crippen molar-refractivity contribution in [3.8, 4) is 0 Å². The first kappa shape index (κ1) is 17.9. The molecule has 0 saturated carbocycles. The summed E-state index contributed by atoms with van der Waals surface area (Å²) in [6, 6.07) is 9.58. The number of hydrogen-bond donors (Lipinski definition) is 1. The van der Waals surface area contributed by atoms with Gasteiger partial charge in [0.05, 0.1) is 17.9 Å². The predicted molar refractivity (Wildman–Crippen MR) is 88.2 cm³/mol. The molecule has 0 radical (unpaired) electrons. The fourth-order valence-electron chi connectivity index (χ4n) is 1.98. The Morgan fingerprint density at radius 3 is 2.42 bits per heavy atom. The van der Waals surface area contributed by atoms with Crippen molar-refractivity contribution >= 4 is 22.7 Å². The van der Waals surface area contributed by atoms with Gasteiger partial charge in [-0.15, -0.1) is 0 Å². The van der Waals surface area contributed by atoms with E-state index in [1.54, 1.807) is 24.3 Å². The molecule has 0 aliphatic carbocycles. The number of ether oxygens (including phenoxy) is 1. The van der Waals surface area contributed by atoms with Crippen LogP contribution in [0.5, 0.6) is 0 Å². The molecule has 24 heavy (non-hydrogen) atoms. The molecule has 0 aliphatic rings. The van der Waals surface area contributed by atoms with Crippen LogP contribution in [0.1, 0.15) is 45.6 Å². The van der Waals surface area contributed by atoms with Gasteiger partial charge in [-0.05, 0) is 36.2 Å². The van der Waals surface area contributed by atoms with E-state index in [0.717, 1.165) is 12.0 Å². The predicted octanol–water partition coefficient (Wildman–Crippen LogP) is 2.99. The van der Waals surface area contributed by atoms with Crippen molar-refractivity contribution in [2.75, 3.05) is 6.61 Å². The molecule has 0 bridgehead atoms. The summed E-state index contributed by atoms with van der Waals surface area (Å²) in [7, 11) is -1.25. The standard InChI is InChI=1S/C17H18O6S/c1-2-9-22-17(20)13-5-3-12(4-6-13)10-24(21)11-14-7-8-15(23-14)16(18)19/h3-8H,2,9-11H2,1H3,(H,18,19). The molecular weight excluding hydrogens is 332 g/mol. The zero-order valence-corrected chi connectivity index (χ0v) is 14.0. The summed E-state index contributed by atoms with van der Waals surface area (Å²) in [6.45, 7) is 2.30. The van der Waals surface area contributed by atoms with Crippen LogP contribution in [0, 0.1) is 0 Å². The van der Waals surface area contributed by atoms with Gasteiger partial charge in [-0.1, -0.05) is 19.1 Å². The molecular formula is C17H18O6S. The summed E-state index contributed by atoms with van der Waals surface area (Å²) in [5, 5.41) is 8.78. The summed E-state index contributed by atoms with van der Waals surface area (Å²) in [5.74, 6) is -0.914. The van der Waals surface area contributed by atoms with Crippen LogP contribution in [0.15, 0.2) is 40.8 Å². The number of rotatable bonds is 8. The van der Waals surface area contributed by atoms with E-state index in [1.807, 2.05) is 6.92 Å². The summed E-state index contributed by atoms with van der Waals surface area (Å²) in [6.07, 6.45) is 0.763. The van der Waals surface area contributed by atoms with Gasteiger partial charge < -0.3 is 14.3 Å². The van der Waals surface area contributed by atoms with Crippen molar-refractivity contribution in [1.82, 2.24) is 0 Å². The molecule has 1 N–H and O–H groups in total. The van der Waals surface area contributed by atoms with Gasteiger partial charge in [-0.25, -0.2) is 9.59 Å². The molecule has 0 saturated heterocycles. The maximum Gasteiger partial charge on any atom is 0.371 e. The van der Waals surface area contributed by atoms with Crippen LogP contribution < -0.4 is 0 Å². The van der Waals surface area contributed by atoms with Gasteiger partial charge in [0.25, 0.3) is 0 Å². The van der Waals surface area contributed by atoms with Crippen molar-refractivity contribution in [1.29, 1.82) is 0 Å². The van der Waals surface area contributed by atoms with E-state index in [4.69, 9.17) is 14.3 Å². The van der Waals surface area contributed by atoms with Crippen LogP contribution in [0.4, 0.5) is 0 Å². The number of benzene rings is 1. The van der Waals surface area contributed by atoms with Gasteiger partial charge in [0.1, 0.15) is 5.76 Å². The van der Waals surface area contributed by atoms with E-state index in [-0.39, 0.29) is 23.2 Å². The molecule has 1 atom stereocenters. The Kier molecular flexibility index (Phi) is 6.31. The number of esters is 1. The number of carboxylic acid groups (broad SMARTS) is 1. The van der Waals surface area contributed by atoms with Crippen LogP contribution in [0.3, 0.4) is 0 Å². The lowest BCUT2D eigenvalue weighted by atomic mass is 10.1. The van der Waals surface area contributed by atoms with E-state index in [0.29, 0.717) is 17.9 Å². The zero-order chi connectivity index (χ0) is 17.5. The normalized spacial score (nSPS) is 11.9. The molecule has 1 heterocycles. The van der Waals surface area contributed by atoms with E-state index in [2.05, 4.69) is 0 Å². The summed E-state index contributed by atoms with van der Waals surface area (Å²) >= 11 is 0. The summed E-state index contributed by atoms with van der Waals surface area (Å²) in [4.78, 5) is 22.4. The molecule has 0 spiro atoms. The van der Waals surface area contributed by atoms with Gasteiger partial charge >= 0.3 is 11.9 Å². The lowest BCUT2D eigenvalue weighted by Gasteiger charge is -2.05. The third-order valence-electron chi connectivity index (χ3n) is 3.13. The van der Waals surface area contributed by atoms with Gasteiger partial charge in [0, 0.05) is 16.6 Å². The third-order valence-corrected chi connectivity index (χ3v) is 4.39. The molecule has 128 valence electrons. The monoisotopic (exact) mass is 350 g/mol. The molecule has 1 aromatic carbocycles. The second kappa shape index (κ2) is 8.44. The summed E-state index contributed by atoms with van der Waals surface area (Å²) in [5.41, 5.74) is 1.26. The number of aromatic carboxylic acids is 1. The topological polar surface area (TPSA) is 93.8 Å². The first-order valence-corrected chi connectivity index (χ1v) is 8.91. The van der Waals surface area contributed by atoms with Gasteiger partial charge in [0.2, 0.25) is 5.76 Å². The highest BCUT2D eigenvalue weighted by Crippen LogP contribution is 2.14. The maximum atomic E-state index is 12.1. The quantitative estimate of drug-likeness (QED) is 0.736. The van der Waals surface area contributed by atoms with Crippen molar-refractivity contribution in [3.63, 3.8) is 0 Å². The Labute approximate surface area is 141 Å². The highest BCUT2D eigenvalue weighted by molar-refractivity contribution is 7.83. The number of carboxylic acids is 1. The SMILES string of the molecule is CCCOC(=O)c1ccc(CS(=O)Cc2ccc(C(=O)O)o2)cc1. The van der Waals surface area contributed by atoms with Crippen molar-refractivity contribution in [3.05, 3.63) is 59.0 Å². The van der Waals surface area contributed by atoms with E-state index in [9.17, 15) is 13.8 Å². The first-order valence-electron chi connectivity index (χ1n) is 7.42. The third kappa shape index (κ3) is 5.06. The van der Waals surface area contributed by atoms with Crippen molar-refractivity contribution in [2.24, 2.45) is 0 Å². The molecule has 7 heteroatoms. The van der Waals surface area contributed by atoms with E-state index >= 15 is 0 Å². The lowest BCUT2D eigenvalue weighted by Crippen LogP contribution is -2.06. The van der Waals surface area contributed by atoms with Crippen LogP contribution in [-0.4, -0.2) is 27.9 Å². The molecule has 0 aliphatic heterocycles. The van der Waals surface area contributed by atoms with Crippen LogP contribution in [-0.2, 0) is 27.0 Å². The van der Waals surface area contributed by atoms with Gasteiger partial charge in [-0.2, -0.15) is 0 Å². The van der Waals surface area contributed by atoms with E-state index < -0.39 is 16.8 Å². The van der Waals surface area contributed by atoms with Gasteiger partial charge in [-0.3, -0.25) is 4.21 Å². The minimum Gasteiger partial charge on any atom is -0.475 e. The number of furan rings is 1. The second-order valence-corrected chi connectivity index (χ2v) is 6.59. The fraction of sp³-hybridized carbons (Fsp3) is 0.294. The first-order chi connectivity index (χ1) is 11.5. The highest BCUT2D eigenvalue weighted by Gasteiger charge is 2.12. The molecule has 0 amide bonds. The van der Waals surface area contributed by atoms with Crippen LogP contribution in [0.25, 0.3) is 0 Å². The Morgan fingerprint density at radius 1 is 1.12 bits per heavy atom. The number of carbonyl (C=O) groups excluding carboxylic acids is 1. The largest absolute Gasteiger partial charge is 0.475 e. The Morgan fingerprint density at radius 2 is 1.83 bits per heavy atom. The zero-order valence-electron chi connectivity index (χ0n) is 13.2. The smallest absolute Gasteiger partial charge is 0.371 e. The number of hydrogen-bond acceptors (Lipinski definition) is 5. The van der Waals surface area contributed by atoms with Crippen molar-refractivity contribution < 1.29 is 28.1 Å². The molecule has 1 unspecified atom stereocenters. The highest BCUT2D eigenvalue weighted by atomic mass is 32.2. The molecule has 2 aromatic rings. The van der Waals surface area contributed by atoms with Gasteiger partial charge in [0.15, 0.2) is 0 Å². The Hall–Kier alpha value is -2.41. The number of carbonyl (C=O) groups is 2. The molecule has 1 aromatic heterocycles. The Bertz CT molecular complexity index is 732. The van der Waals surface area contributed by atoms with Crippen molar-refractivity contribution in [2.45, 2.75) is 24.9 Å². The lowest BCUT2D eigenvalue weighted by molar-refractivity contribution is 0.0504. The molecule has 0 fully saturated rings. The van der Waals surface area contributed by atoms with Crippen LogP contribution in [0.2, 0.25) is 0 Å². The molecule has 6 nitrogen and oxygen atoms in total. The second-order valence-electron chi connectivity index (χ2n) is 5.13.